The number of methoxy groups -OCH3 is 2. The molecule has 1 saturated heterocycles. The zero-order valence-corrected chi connectivity index (χ0v) is 19.3. The predicted molar refractivity (Wildman–Crippen MR) is 119 cm³/mol. The second-order valence-electron chi connectivity index (χ2n) is 7.68. The molecule has 2 aromatic rings. The number of hydrogen-bond donors (Lipinski definition) is 0. The van der Waals surface area contributed by atoms with E-state index < -0.39 is 16.0 Å². The molecule has 0 bridgehead atoms. The van der Waals surface area contributed by atoms with E-state index >= 15 is 0 Å². The quantitative estimate of drug-likeness (QED) is 0.590. The number of rotatable bonds is 7. The van der Waals surface area contributed by atoms with Crippen LogP contribution in [0.25, 0.3) is 0 Å². The van der Waals surface area contributed by atoms with Gasteiger partial charge in [-0.15, -0.1) is 0 Å². The number of piperidine rings is 1. The molecule has 9 heteroatoms. The van der Waals surface area contributed by atoms with E-state index in [2.05, 4.69) is 0 Å². The Morgan fingerprint density at radius 2 is 1.72 bits per heavy atom. The summed E-state index contributed by atoms with van der Waals surface area (Å²) in [5, 5.41) is 0. The highest BCUT2D eigenvalue weighted by Gasteiger charge is 2.35. The van der Waals surface area contributed by atoms with Crippen molar-refractivity contribution in [2.75, 3.05) is 27.3 Å². The number of sulfonamides is 1. The van der Waals surface area contributed by atoms with Crippen LogP contribution in [0.1, 0.15) is 35.7 Å². The van der Waals surface area contributed by atoms with Crippen molar-refractivity contribution >= 4 is 21.9 Å². The summed E-state index contributed by atoms with van der Waals surface area (Å²) in [6.07, 6.45) is 1.37. The Morgan fingerprint density at radius 3 is 2.28 bits per heavy atom. The van der Waals surface area contributed by atoms with E-state index in [1.54, 1.807) is 41.3 Å². The molecule has 2 aromatic carbocycles. The lowest BCUT2D eigenvalue weighted by molar-refractivity contribution is -0.130. The fourth-order valence-corrected chi connectivity index (χ4v) is 5.45. The molecule has 1 amide bonds. The molecular weight excluding hydrogens is 432 g/mol. The van der Waals surface area contributed by atoms with Crippen molar-refractivity contribution in [2.45, 2.75) is 37.2 Å². The molecular formula is C23H28N2O6S. The van der Waals surface area contributed by atoms with E-state index in [9.17, 15) is 18.0 Å². The summed E-state index contributed by atoms with van der Waals surface area (Å²) in [5.74, 6) is 0.0388. The molecule has 0 radical (unpaired) electrons. The minimum absolute atomic E-state index is 0.0704. The van der Waals surface area contributed by atoms with E-state index in [4.69, 9.17) is 9.47 Å². The summed E-state index contributed by atoms with van der Waals surface area (Å²) in [5.41, 5.74) is 1.12. The number of benzene rings is 2. The first-order valence-electron chi connectivity index (χ1n) is 10.3. The van der Waals surface area contributed by atoms with E-state index in [1.165, 1.54) is 37.6 Å². The van der Waals surface area contributed by atoms with Crippen LogP contribution in [-0.4, -0.2) is 62.9 Å². The molecule has 0 spiro atoms. The zero-order chi connectivity index (χ0) is 23.3. The maximum atomic E-state index is 13.6. The van der Waals surface area contributed by atoms with Crippen LogP contribution < -0.4 is 4.74 Å². The number of carbonyl (C=O) groups excluding carboxylic acids is 2. The van der Waals surface area contributed by atoms with Gasteiger partial charge in [0.25, 0.3) is 0 Å². The molecule has 8 nitrogen and oxygen atoms in total. The highest BCUT2D eigenvalue weighted by molar-refractivity contribution is 7.89. The summed E-state index contributed by atoms with van der Waals surface area (Å²) in [7, 11) is -1.03. The monoisotopic (exact) mass is 460 g/mol. The summed E-state index contributed by atoms with van der Waals surface area (Å²) < 4.78 is 38.6. The second-order valence-corrected chi connectivity index (χ2v) is 9.57. The Bertz CT molecular complexity index is 1050. The second kappa shape index (κ2) is 10.1. The van der Waals surface area contributed by atoms with Gasteiger partial charge in [0.2, 0.25) is 15.9 Å². The molecule has 0 saturated carbocycles. The number of esters is 1. The first-order valence-corrected chi connectivity index (χ1v) is 11.8. The van der Waals surface area contributed by atoms with Gasteiger partial charge in [0, 0.05) is 32.6 Å². The summed E-state index contributed by atoms with van der Waals surface area (Å²) in [6.45, 7) is 2.57. The Kier molecular flexibility index (Phi) is 7.52. The van der Waals surface area contributed by atoms with Gasteiger partial charge in [-0.25, -0.2) is 13.2 Å². The lowest BCUT2D eigenvalue weighted by Crippen LogP contribution is -2.50. The lowest BCUT2D eigenvalue weighted by atomic mass is 10.0. The molecule has 1 unspecified atom stereocenters. The van der Waals surface area contributed by atoms with E-state index in [-0.39, 0.29) is 23.4 Å². The first-order chi connectivity index (χ1) is 15.3. The molecule has 1 aliphatic rings. The minimum atomic E-state index is -3.86. The Hall–Kier alpha value is -2.91. The van der Waals surface area contributed by atoms with Gasteiger partial charge >= 0.3 is 5.97 Å². The predicted octanol–water partition coefficient (Wildman–Crippen LogP) is 2.68. The van der Waals surface area contributed by atoms with Crippen LogP contribution in [-0.2, 0) is 26.1 Å². The smallest absolute Gasteiger partial charge is 0.337 e. The third-order valence-electron chi connectivity index (χ3n) is 5.63. The fourth-order valence-electron chi connectivity index (χ4n) is 3.81. The van der Waals surface area contributed by atoms with Crippen molar-refractivity contribution in [3.05, 3.63) is 59.7 Å². The molecule has 3 rings (SSSR count). The van der Waals surface area contributed by atoms with Crippen LogP contribution in [0, 0.1) is 0 Å². The van der Waals surface area contributed by atoms with Crippen molar-refractivity contribution in [2.24, 2.45) is 0 Å². The third-order valence-corrected chi connectivity index (χ3v) is 7.54. The summed E-state index contributed by atoms with van der Waals surface area (Å²) >= 11 is 0. The van der Waals surface area contributed by atoms with Gasteiger partial charge in [0.05, 0.1) is 24.7 Å². The summed E-state index contributed by atoms with van der Waals surface area (Å²) in [6, 6.07) is 12.6. The third kappa shape index (κ3) is 5.28. The molecule has 1 atom stereocenters. The average molecular weight is 461 g/mol. The van der Waals surface area contributed by atoms with E-state index in [0.717, 1.165) is 12.0 Å². The highest BCUT2D eigenvalue weighted by atomic mass is 32.2. The minimum Gasteiger partial charge on any atom is -0.497 e. The van der Waals surface area contributed by atoms with Gasteiger partial charge in [-0.2, -0.15) is 4.31 Å². The number of amides is 1. The van der Waals surface area contributed by atoms with Crippen molar-refractivity contribution < 1.29 is 27.5 Å². The van der Waals surface area contributed by atoms with E-state index in [0.29, 0.717) is 30.8 Å². The number of carbonyl (C=O) groups is 2. The fraction of sp³-hybridized carbons (Fsp3) is 0.391. The number of ether oxygens (including phenoxy) is 2. The van der Waals surface area contributed by atoms with Gasteiger partial charge in [0.1, 0.15) is 5.75 Å². The molecule has 0 N–H and O–H groups in total. The molecule has 1 heterocycles. The maximum Gasteiger partial charge on any atom is 0.337 e. The zero-order valence-electron chi connectivity index (χ0n) is 18.5. The van der Waals surface area contributed by atoms with E-state index in [1.807, 2.05) is 0 Å². The van der Waals surface area contributed by atoms with Gasteiger partial charge in [0.15, 0.2) is 0 Å². The van der Waals surface area contributed by atoms with Gasteiger partial charge in [-0.3, -0.25) is 4.79 Å². The first kappa shape index (κ1) is 23.7. The topological polar surface area (TPSA) is 93.2 Å². The number of hydrogen-bond acceptors (Lipinski definition) is 6. The lowest BCUT2D eigenvalue weighted by Gasteiger charge is -2.38. The van der Waals surface area contributed by atoms with Crippen LogP contribution in [0.4, 0.5) is 0 Å². The SMILES string of the molecule is COC(=O)c1ccc(CN(C2CCCN(C(C)=O)C2)S(=O)(=O)c2ccc(OC)cc2)cc1. The molecule has 172 valence electrons. The number of nitrogens with zero attached hydrogens (tertiary/aromatic N) is 2. The van der Waals surface area contributed by atoms with Crippen LogP contribution >= 0.6 is 0 Å². The van der Waals surface area contributed by atoms with Gasteiger partial charge < -0.3 is 14.4 Å². The highest BCUT2D eigenvalue weighted by Crippen LogP contribution is 2.27. The normalized spacial score (nSPS) is 16.6. The van der Waals surface area contributed by atoms with Crippen LogP contribution in [0.2, 0.25) is 0 Å². The van der Waals surface area contributed by atoms with Gasteiger partial charge in [-0.1, -0.05) is 12.1 Å². The van der Waals surface area contributed by atoms with Crippen molar-refractivity contribution in [1.29, 1.82) is 0 Å². The van der Waals surface area contributed by atoms with Crippen LogP contribution in [0.15, 0.2) is 53.4 Å². The summed E-state index contributed by atoms with van der Waals surface area (Å²) in [4.78, 5) is 25.5. The Balaban J connectivity index is 1.95. The van der Waals surface area contributed by atoms with Crippen molar-refractivity contribution in [1.82, 2.24) is 9.21 Å². The molecule has 0 aliphatic carbocycles. The number of likely N-dealkylation sites (tertiary alicyclic amines) is 1. The molecule has 0 aromatic heterocycles. The largest absolute Gasteiger partial charge is 0.497 e. The van der Waals surface area contributed by atoms with Crippen molar-refractivity contribution in [3.63, 3.8) is 0 Å². The van der Waals surface area contributed by atoms with Gasteiger partial charge in [-0.05, 0) is 54.8 Å². The van der Waals surface area contributed by atoms with Crippen LogP contribution in [0.5, 0.6) is 5.75 Å². The maximum absolute atomic E-state index is 13.6. The van der Waals surface area contributed by atoms with Crippen molar-refractivity contribution in [3.8, 4) is 5.75 Å². The Labute approximate surface area is 188 Å². The average Bonchev–Trinajstić information content (AvgIpc) is 2.82. The standard InChI is InChI=1S/C23H28N2O6S/c1-17(26)24-14-4-5-20(16-24)25(15-18-6-8-19(9-7-18)23(27)31-3)32(28,29)22-12-10-21(30-2)11-13-22/h6-13,20H,4-5,14-16H2,1-3H3. The molecule has 1 aliphatic heterocycles. The molecule has 32 heavy (non-hydrogen) atoms. The Morgan fingerprint density at radius 1 is 1.06 bits per heavy atom. The van der Waals surface area contributed by atoms with Crippen LogP contribution in [0.3, 0.4) is 0 Å². The molecule has 1 fully saturated rings.